The predicted octanol–water partition coefficient (Wildman–Crippen LogP) is 3.16. The summed E-state index contributed by atoms with van der Waals surface area (Å²) in [6.45, 7) is 6.07. The van der Waals surface area contributed by atoms with Gasteiger partial charge in [-0.15, -0.1) is 6.58 Å². The van der Waals surface area contributed by atoms with Crippen molar-refractivity contribution < 1.29 is 5.11 Å². The summed E-state index contributed by atoms with van der Waals surface area (Å²) in [6.07, 6.45) is 5.66. The van der Waals surface area contributed by atoms with E-state index in [4.69, 9.17) is 0 Å². The zero-order valence-corrected chi connectivity index (χ0v) is 12.7. The Balaban J connectivity index is 1.81. The van der Waals surface area contributed by atoms with Gasteiger partial charge in [0.15, 0.2) is 0 Å². The molecular weight excluding hydrogens is 272 g/mol. The van der Waals surface area contributed by atoms with Gasteiger partial charge in [-0.2, -0.15) is 0 Å². The molecule has 22 heavy (non-hydrogen) atoms. The largest absolute Gasteiger partial charge is 0.391 e. The summed E-state index contributed by atoms with van der Waals surface area (Å²) in [5.74, 6) is 1.07. The van der Waals surface area contributed by atoms with Gasteiger partial charge in [-0.3, -0.25) is 9.88 Å². The molecule has 4 heterocycles. The Morgan fingerprint density at radius 3 is 3.00 bits per heavy atom. The zero-order chi connectivity index (χ0) is 15.1. The van der Waals surface area contributed by atoms with Crippen LogP contribution in [0.1, 0.15) is 24.4 Å². The minimum absolute atomic E-state index is 0.0721. The fourth-order valence-electron chi connectivity index (χ4n) is 4.33. The molecule has 5 atom stereocenters. The lowest BCUT2D eigenvalue weighted by Gasteiger charge is -2.37. The van der Waals surface area contributed by atoms with Crippen LogP contribution < -0.4 is 0 Å². The number of hydrogen-bond donors (Lipinski definition) is 1. The summed E-state index contributed by atoms with van der Waals surface area (Å²) in [4.78, 5) is 6.91. The second-order valence-electron chi connectivity index (χ2n) is 6.61. The molecule has 1 aromatic carbocycles. The van der Waals surface area contributed by atoms with Crippen LogP contribution in [-0.2, 0) is 0 Å². The highest BCUT2D eigenvalue weighted by Gasteiger charge is 2.41. The topological polar surface area (TPSA) is 36.4 Å². The van der Waals surface area contributed by atoms with Gasteiger partial charge in [0.05, 0.1) is 17.7 Å². The smallest absolute Gasteiger partial charge is 0.0740 e. The fourth-order valence-corrected chi connectivity index (χ4v) is 4.33. The normalized spacial score (nSPS) is 34.5. The predicted molar refractivity (Wildman–Crippen MR) is 88.5 cm³/mol. The molecule has 1 unspecified atom stereocenters. The van der Waals surface area contributed by atoms with Crippen molar-refractivity contribution >= 4 is 10.9 Å². The Morgan fingerprint density at radius 2 is 2.14 bits per heavy atom. The first-order valence-electron chi connectivity index (χ1n) is 8.16. The zero-order valence-electron chi connectivity index (χ0n) is 12.7. The van der Waals surface area contributed by atoms with Crippen LogP contribution in [0, 0.1) is 11.8 Å². The number of para-hydroxylation sites is 1. The summed E-state index contributed by atoms with van der Waals surface area (Å²) >= 11 is 0. The molecule has 0 saturated carbocycles. The van der Waals surface area contributed by atoms with Crippen LogP contribution in [-0.4, -0.2) is 34.2 Å². The first kappa shape index (κ1) is 13.9. The van der Waals surface area contributed by atoms with Crippen LogP contribution in [0.25, 0.3) is 10.9 Å². The lowest BCUT2D eigenvalue weighted by Crippen LogP contribution is -2.39. The van der Waals surface area contributed by atoms with Crippen LogP contribution in [0.4, 0.5) is 0 Å². The summed E-state index contributed by atoms with van der Waals surface area (Å²) in [5, 5.41) is 12.0. The van der Waals surface area contributed by atoms with Crippen molar-refractivity contribution in [2.24, 2.45) is 11.8 Å². The molecule has 114 valence electrons. The first-order chi connectivity index (χ1) is 10.8. The van der Waals surface area contributed by atoms with E-state index in [-0.39, 0.29) is 12.1 Å². The van der Waals surface area contributed by atoms with Crippen LogP contribution in [0.5, 0.6) is 0 Å². The van der Waals surface area contributed by atoms with E-state index in [2.05, 4.69) is 40.7 Å². The van der Waals surface area contributed by atoms with Gasteiger partial charge in [0.1, 0.15) is 0 Å². The number of aliphatic hydroxyl groups excluding tert-OH is 1. The number of pyridine rings is 1. The lowest BCUT2D eigenvalue weighted by molar-refractivity contribution is 0.0641. The van der Waals surface area contributed by atoms with Gasteiger partial charge in [0, 0.05) is 18.1 Å². The molecule has 2 bridgehead atoms. The molecule has 2 aromatic rings. The molecular formula is C19H22N2O. The minimum Gasteiger partial charge on any atom is -0.391 e. The van der Waals surface area contributed by atoms with E-state index >= 15 is 0 Å². The van der Waals surface area contributed by atoms with Crippen molar-refractivity contribution in [1.82, 2.24) is 9.88 Å². The third-order valence-electron chi connectivity index (χ3n) is 5.44. The molecule has 3 fully saturated rings. The monoisotopic (exact) mass is 294 g/mol. The van der Waals surface area contributed by atoms with Gasteiger partial charge >= 0.3 is 0 Å². The van der Waals surface area contributed by atoms with Crippen molar-refractivity contribution in [2.45, 2.75) is 25.0 Å². The summed E-state index contributed by atoms with van der Waals surface area (Å²) in [6, 6.07) is 10.4. The van der Waals surface area contributed by atoms with Crippen LogP contribution in [0.15, 0.2) is 49.2 Å². The van der Waals surface area contributed by atoms with Crippen molar-refractivity contribution in [3.63, 3.8) is 0 Å². The molecule has 3 saturated heterocycles. The molecule has 1 aromatic heterocycles. The van der Waals surface area contributed by atoms with E-state index in [0.29, 0.717) is 11.8 Å². The Bertz CT molecular complexity index is 693. The molecule has 3 heteroatoms. The third kappa shape index (κ3) is 2.16. The molecule has 0 amide bonds. The van der Waals surface area contributed by atoms with Crippen molar-refractivity contribution in [3.8, 4) is 0 Å². The molecule has 3 aliphatic heterocycles. The maximum Gasteiger partial charge on any atom is 0.0740 e. The quantitative estimate of drug-likeness (QED) is 0.864. The number of aliphatic hydroxyl groups is 1. The van der Waals surface area contributed by atoms with E-state index in [0.717, 1.165) is 36.8 Å². The molecule has 5 rings (SSSR count). The number of rotatable bonds is 2. The Kier molecular flexibility index (Phi) is 3.47. The van der Waals surface area contributed by atoms with Gasteiger partial charge in [-0.05, 0) is 48.9 Å². The third-order valence-corrected chi connectivity index (χ3v) is 5.44. The number of hydrogen-bond acceptors (Lipinski definition) is 3. The highest BCUT2D eigenvalue weighted by Crippen LogP contribution is 2.42. The Labute approximate surface area is 131 Å². The summed E-state index contributed by atoms with van der Waals surface area (Å²) < 4.78 is 0. The SMILES string of the molecule is C=C[C@@H]1CN2CC[C@H]1C[C@@H](O)[C@@H]2c1ccnc2ccccc12. The fraction of sp³-hybridized carbons (Fsp3) is 0.421. The van der Waals surface area contributed by atoms with Gasteiger partial charge in [-0.25, -0.2) is 0 Å². The van der Waals surface area contributed by atoms with E-state index < -0.39 is 0 Å². The van der Waals surface area contributed by atoms with Crippen LogP contribution >= 0.6 is 0 Å². The maximum atomic E-state index is 10.9. The summed E-state index contributed by atoms with van der Waals surface area (Å²) in [5.41, 5.74) is 2.22. The standard InChI is InChI=1S/C19H22N2O/c1-2-13-12-21-10-8-14(13)11-18(22)19(21)16-7-9-20-17-6-4-3-5-15(16)17/h2-7,9,13-14,18-19,22H,1,8,10-12H2/t13-,14+,18-,19+/m1/s1. The number of piperidine rings is 1. The van der Waals surface area contributed by atoms with Crippen molar-refractivity contribution in [2.75, 3.05) is 13.1 Å². The van der Waals surface area contributed by atoms with E-state index in [9.17, 15) is 5.11 Å². The van der Waals surface area contributed by atoms with E-state index in [1.54, 1.807) is 0 Å². The van der Waals surface area contributed by atoms with Gasteiger partial charge in [-0.1, -0.05) is 24.3 Å². The maximum absolute atomic E-state index is 10.9. The van der Waals surface area contributed by atoms with Gasteiger partial charge in [0.25, 0.3) is 0 Å². The van der Waals surface area contributed by atoms with Gasteiger partial charge < -0.3 is 5.11 Å². The minimum atomic E-state index is -0.316. The Hall–Kier alpha value is -1.71. The van der Waals surface area contributed by atoms with Crippen LogP contribution in [0.2, 0.25) is 0 Å². The molecule has 0 radical (unpaired) electrons. The number of aromatic nitrogens is 1. The molecule has 1 N–H and O–H groups in total. The number of fused-ring (bicyclic) bond motifs is 5. The van der Waals surface area contributed by atoms with Gasteiger partial charge in [0.2, 0.25) is 0 Å². The Morgan fingerprint density at radius 1 is 1.27 bits per heavy atom. The molecule has 0 aliphatic carbocycles. The lowest BCUT2D eigenvalue weighted by atomic mass is 9.84. The number of benzene rings is 1. The second-order valence-corrected chi connectivity index (χ2v) is 6.61. The van der Waals surface area contributed by atoms with Crippen LogP contribution in [0.3, 0.4) is 0 Å². The van der Waals surface area contributed by atoms with E-state index in [1.165, 1.54) is 5.56 Å². The summed E-state index contributed by atoms with van der Waals surface area (Å²) in [7, 11) is 0. The van der Waals surface area contributed by atoms with Crippen molar-refractivity contribution in [3.05, 3.63) is 54.7 Å². The molecule has 3 nitrogen and oxygen atoms in total. The highest BCUT2D eigenvalue weighted by atomic mass is 16.3. The average molecular weight is 294 g/mol. The first-order valence-corrected chi connectivity index (χ1v) is 8.16. The van der Waals surface area contributed by atoms with E-state index in [1.807, 2.05) is 18.3 Å². The average Bonchev–Trinajstić information content (AvgIpc) is 2.79. The molecule has 3 aliphatic rings. The van der Waals surface area contributed by atoms with Crippen molar-refractivity contribution in [1.29, 1.82) is 0 Å². The number of nitrogens with zero attached hydrogens (tertiary/aromatic N) is 2. The molecule has 0 spiro atoms. The highest BCUT2D eigenvalue weighted by molar-refractivity contribution is 5.82. The second kappa shape index (κ2) is 5.49.